The van der Waals surface area contributed by atoms with Crippen LogP contribution < -0.4 is 0 Å². The van der Waals surface area contributed by atoms with Gasteiger partial charge in [-0.25, -0.2) is 9.59 Å². The first kappa shape index (κ1) is 19.8. The molecule has 7 heteroatoms. The van der Waals surface area contributed by atoms with Gasteiger partial charge in [0.2, 0.25) is 0 Å². The number of carboxylic acids is 1. The van der Waals surface area contributed by atoms with Crippen molar-refractivity contribution in [1.29, 1.82) is 0 Å². The Morgan fingerprint density at radius 2 is 1.85 bits per heavy atom. The standard InChI is InChI=1S/C19H25NO6/c1-19(2,3)26-17(23)14-9-10-20(15(11-14)16(21)22)18(24)25-12-13-7-5-4-6-8-13/h4-8,14-15H,9-12H2,1-3H3,(H,21,22). The zero-order valence-corrected chi connectivity index (χ0v) is 15.3. The van der Waals surface area contributed by atoms with E-state index in [1.54, 1.807) is 20.8 Å². The van der Waals surface area contributed by atoms with Gasteiger partial charge in [0.05, 0.1) is 5.92 Å². The number of carbonyl (C=O) groups excluding carboxylic acids is 2. The van der Waals surface area contributed by atoms with Crippen molar-refractivity contribution in [3.63, 3.8) is 0 Å². The van der Waals surface area contributed by atoms with Gasteiger partial charge in [-0.05, 0) is 39.2 Å². The Bertz CT molecular complexity index is 652. The van der Waals surface area contributed by atoms with E-state index in [0.717, 1.165) is 5.56 Å². The number of carboxylic acid groups (broad SMARTS) is 1. The smallest absolute Gasteiger partial charge is 0.410 e. The molecule has 0 aromatic heterocycles. The lowest BCUT2D eigenvalue weighted by atomic mass is 9.91. The first-order valence-corrected chi connectivity index (χ1v) is 8.60. The average Bonchev–Trinajstić information content (AvgIpc) is 2.58. The lowest BCUT2D eigenvalue weighted by molar-refractivity contribution is -0.163. The number of carbonyl (C=O) groups is 3. The highest BCUT2D eigenvalue weighted by Gasteiger charge is 2.40. The zero-order chi connectivity index (χ0) is 19.3. The third kappa shape index (κ3) is 5.47. The third-order valence-corrected chi connectivity index (χ3v) is 4.07. The van der Waals surface area contributed by atoms with E-state index in [2.05, 4.69) is 0 Å². The van der Waals surface area contributed by atoms with Crippen molar-refractivity contribution < 1.29 is 29.0 Å². The van der Waals surface area contributed by atoms with Crippen LogP contribution in [0.4, 0.5) is 4.79 Å². The van der Waals surface area contributed by atoms with Crippen LogP contribution in [0, 0.1) is 5.92 Å². The van der Waals surface area contributed by atoms with Crippen LogP contribution in [0.5, 0.6) is 0 Å². The Morgan fingerprint density at radius 3 is 2.42 bits per heavy atom. The molecular formula is C19H25NO6. The molecule has 1 amide bonds. The van der Waals surface area contributed by atoms with Crippen LogP contribution in [0.15, 0.2) is 30.3 Å². The van der Waals surface area contributed by atoms with Gasteiger partial charge in [0, 0.05) is 6.54 Å². The number of aliphatic carboxylic acids is 1. The summed E-state index contributed by atoms with van der Waals surface area (Å²) in [6.45, 7) is 5.48. The fraction of sp³-hybridized carbons (Fsp3) is 0.526. The molecule has 26 heavy (non-hydrogen) atoms. The Morgan fingerprint density at radius 1 is 1.19 bits per heavy atom. The maximum absolute atomic E-state index is 12.3. The second kappa shape index (κ2) is 8.21. The number of hydrogen-bond donors (Lipinski definition) is 1. The number of hydrogen-bond acceptors (Lipinski definition) is 5. The van der Waals surface area contributed by atoms with Crippen molar-refractivity contribution in [2.45, 2.75) is 51.9 Å². The molecule has 0 saturated carbocycles. The van der Waals surface area contributed by atoms with Crippen molar-refractivity contribution >= 4 is 18.0 Å². The summed E-state index contributed by atoms with van der Waals surface area (Å²) in [7, 11) is 0. The van der Waals surface area contributed by atoms with Crippen LogP contribution in [0.2, 0.25) is 0 Å². The number of esters is 1. The van der Waals surface area contributed by atoms with Crippen molar-refractivity contribution in [1.82, 2.24) is 4.90 Å². The molecule has 1 aliphatic rings. The summed E-state index contributed by atoms with van der Waals surface area (Å²) >= 11 is 0. The highest BCUT2D eigenvalue weighted by Crippen LogP contribution is 2.27. The number of amides is 1. The maximum Gasteiger partial charge on any atom is 0.410 e. The third-order valence-electron chi connectivity index (χ3n) is 4.07. The minimum atomic E-state index is -1.16. The van der Waals surface area contributed by atoms with Crippen LogP contribution >= 0.6 is 0 Å². The van der Waals surface area contributed by atoms with Crippen LogP contribution in [0.3, 0.4) is 0 Å². The van der Waals surface area contributed by atoms with E-state index in [9.17, 15) is 19.5 Å². The summed E-state index contributed by atoms with van der Waals surface area (Å²) in [4.78, 5) is 37.3. The monoisotopic (exact) mass is 363 g/mol. The Hall–Kier alpha value is -2.57. The van der Waals surface area contributed by atoms with Crippen molar-refractivity contribution in [2.24, 2.45) is 5.92 Å². The zero-order valence-electron chi connectivity index (χ0n) is 15.3. The van der Waals surface area contributed by atoms with Gasteiger partial charge in [-0.3, -0.25) is 9.69 Å². The van der Waals surface area contributed by atoms with Gasteiger partial charge in [-0.2, -0.15) is 0 Å². The molecule has 1 aromatic carbocycles. The summed E-state index contributed by atoms with van der Waals surface area (Å²) < 4.78 is 10.6. The fourth-order valence-electron chi connectivity index (χ4n) is 2.82. The summed E-state index contributed by atoms with van der Waals surface area (Å²) in [5, 5.41) is 9.47. The minimum Gasteiger partial charge on any atom is -0.480 e. The summed E-state index contributed by atoms with van der Waals surface area (Å²) in [5.74, 6) is -2.13. The van der Waals surface area contributed by atoms with Gasteiger partial charge >= 0.3 is 18.0 Å². The molecule has 2 rings (SSSR count). The van der Waals surface area contributed by atoms with Crippen molar-refractivity contribution in [2.75, 3.05) is 6.54 Å². The van der Waals surface area contributed by atoms with Crippen LogP contribution in [0.25, 0.3) is 0 Å². The molecule has 7 nitrogen and oxygen atoms in total. The first-order chi connectivity index (χ1) is 12.2. The molecule has 1 N–H and O–H groups in total. The van der Waals surface area contributed by atoms with E-state index in [1.807, 2.05) is 30.3 Å². The second-order valence-electron chi connectivity index (χ2n) is 7.34. The number of ether oxygens (including phenoxy) is 2. The lowest BCUT2D eigenvalue weighted by Gasteiger charge is -2.36. The number of rotatable bonds is 4. The second-order valence-corrected chi connectivity index (χ2v) is 7.34. The topological polar surface area (TPSA) is 93.1 Å². The van der Waals surface area contributed by atoms with E-state index in [1.165, 1.54) is 4.90 Å². The Labute approximate surface area is 152 Å². The van der Waals surface area contributed by atoms with E-state index in [-0.39, 0.29) is 19.6 Å². The SMILES string of the molecule is CC(C)(C)OC(=O)C1CCN(C(=O)OCc2ccccc2)C(C(=O)O)C1. The van der Waals surface area contributed by atoms with Gasteiger partial charge in [0.1, 0.15) is 18.2 Å². The molecule has 0 spiro atoms. The van der Waals surface area contributed by atoms with Crippen LogP contribution in [0.1, 0.15) is 39.2 Å². The van der Waals surface area contributed by atoms with Gasteiger partial charge in [-0.15, -0.1) is 0 Å². The lowest BCUT2D eigenvalue weighted by Crippen LogP contribution is -2.51. The van der Waals surface area contributed by atoms with E-state index in [4.69, 9.17) is 9.47 Å². The molecule has 1 aliphatic heterocycles. The van der Waals surface area contributed by atoms with E-state index >= 15 is 0 Å². The molecule has 1 heterocycles. The fourth-order valence-corrected chi connectivity index (χ4v) is 2.82. The Balaban J connectivity index is 1.98. The Kier molecular flexibility index (Phi) is 6.23. The van der Waals surface area contributed by atoms with Gasteiger partial charge in [0.25, 0.3) is 0 Å². The first-order valence-electron chi connectivity index (χ1n) is 8.60. The van der Waals surface area contributed by atoms with Crippen molar-refractivity contribution in [3.8, 4) is 0 Å². The maximum atomic E-state index is 12.3. The normalized spacial score (nSPS) is 20.3. The molecule has 1 aromatic rings. The van der Waals surface area contributed by atoms with Gasteiger partial charge < -0.3 is 14.6 Å². The minimum absolute atomic E-state index is 0.0185. The molecule has 2 unspecified atom stereocenters. The van der Waals surface area contributed by atoms with E-state index < -0.39 is 35.6 Å². The molecule has 142 valence electrons. The molecule has 2 atom stereocenters. The summed E-state index contributed by atoms with van der Waals surface area (Å²) in [6.07, 6.45) is -0.326. The molecular weight excluding hydrogens is 338 g/mol. The van der Waals surface area contributed by atoms with Crippen LogP contribution in [-0.4, -0.2) is 46.2 Å². The molecule has 0 radical (unpaired) electrons. The highest BCUT2D eigenvalue weighted by molar-refractivity contribution is 5.82. The number of piperidine rings is 1. The molecule has 0 aliphatic carbocycles. The van der Waals surface area contributed by atoms with Gasteiger partial charge in [0.15, 0.2) is 0 Å². The molecule has 1 saturated heterocycles. The molecule has 0 bridgehead atoms. The number of benzene rings is 1. The van der Waals surface area contributed by atoms with E-state index in [0.29, 0.717) is 6.42 Å². The van der Waals surface area contributed by atoms with Crippen molar-refractivity contribution in [3.05, 3.63) is 35.9 Å². The summed E-state index contributed by atoms with van der Waals surface area (Å²) in [5.41, 5.74) is 0.179. The summed E-state index contributed by atoms with van der Waals surface area (Å²) in [6, 6.07) is 8.04. The average molecular weight is 363 g/mol. The largest absolute Gasteiger partial charge is 0.480 e. The van der Waals surface area contributed by atoms with Gasteiger partial charge in [-0.1, -0.05) is 30.3 Å². The quantitative estimate of drug-likeness (QED) is 0.827. The number of nitrogens with zero attached hydrogens (tertiary/aromatic N) is 1. The highest BCUT2D eigenvalue weighted by atomic mass is 16.6. The predicted octanol–water partition coefficient (Wildman–Crippen LogP) is 2.83. The number of likely N-dealkylation sites (tertiary alicyclic amines) is 1. The molecule has 1 fully saturated rings. The predicted molar refractivity (Wildman–Crippen MR) is 93.3 cm³/mol. The van der Waals surface area contributed by atoms with Crippen LogP contribution in [-0.2, 0) is 25.7 Å².